The maximum atomic E-state index is 10.4. The molecule has 1 heterocycles. The average molecular weight is 526 g/mol. The number of ether oxygens (including phenoxy) is 3. The number of nitrogens with one attached hydrogen (secondary N) is 1. The highest BCUT2D eigenvalue weighted by Gasteiger charge is 2.21. The minimum Gasteiger partial charge on any atom is -0.508 e. The lowest BCUT2D eigenvalue weighted by Gasteiger charge is -2.26. The Bertz CT molecular complexity index is 1150. The van der Waals surface area contributed by atoms with Crippen LogP contribution in [0.15, 0.2) is 66.7 Å². The third-order valence-corrected chi connectivity index (χ3v) is 5.73. The second kappa shape index (κ2) is 14.9. The Morgan fingerprint density at radius 1 is 1.08 bits per heavy atom. The van der Waals surface area contributed by atoms with E-state index in [2.05, 4.69) is 5.32 Å². The number of aliphatic hydroxyl groups excluding tert-OH is 2. The zero-order valence-corrected chi connectivity index (χ0v) is 21.4. The predicted octanol–water partition coefficient (Wildman–Crippen LogP) is 3.20. The smallest absolute Gasteiger partial charge is 0.300 e. The van der Waals surface area contributed by atoms with Gasteiger partial charge in [-0.15, -0.1) is 0 Å². The van der Waals surface area contributed by atoms with Crippen molar-refractivity contribution in [3.05, 3.63) is 89.0 Å². The fourth-order valence-corrected chi connectivity index (χ4v) is 3.81. The number of aromatic hydroxyl groups is 1. The molecule has 2 atom stereocenters. The minimum atomic E-state index is -0.833. The van der Waals surface area contributed by atoms with Gasteiger partial charge in [0.15, 0.2) is 17.6 Å². The minimum absolute atomic E-state index is 0.0241. The number of aliphatic carboxylic acids is 1. The first-order valence-corrected chi connectivity index (χ1v) is 12.4. The van der Waals surface area contributed by atoms with Gasteiger partial charge in [0.25, 0.3) is 5.97 Å². The van der Waals surface area contributed by atoms with Crippen molar-refractivity contribution in [1.29, 1.82) is 0 Å². The topological polar surface area (TPSA) is 138 Å². The molecule has 0 spiro atoms. The van der Waals surface area contributed by atoms with E-state index in [0.29, 0.717) is 44.0 Å². The lowest BCUT2D eigenvalue weighted by atomic mass is 10.1. The molecule has 0 fully saturated rings. The highest BCUT2D eigenvalue weighted by molar-refractivity contribution is 5.63. The van der Waals surface area contributed by atoms with E-state index in [1.54, 1.807) is 12.1 Å². The van der Waals surface area contributed by atoms with Crippen LogP contribution in [0.5, 0.6) is 17.2 Å². The van der Waals surface area contributed by atoms with Crippen molar-refractivity contribution in [3.63, 3.8) is 0 Å². The van der Waals surface area contributed by atoms with Gasteiger partial charge in [-0.2, -0.15) is 0 Å². The standard InChI is InChI=1S/C27H31NO6.C2H4O2/c29-15-22-13-21(7-8-24(22)30)25(31)14-28-11-10-19-6-9-26-27(12-19)33-18-23(34-26)17-32-16-20-4-2-1-3-5-20;1-2(3)4/h1-9,12-13,23,25,28-31H,10-11,14-18H2;1H3,(H,3,4)/t23?,25-;/m0./s1. The zero-order chi connectivity index (χ0) is 27.3. The number of carboxylic acids is 1. The second-order valence-electron chi connectivity index (χ2n) is 8.87. The molecule has 3 aromatic rings. The first kappa shape index (κ1) is 28.9. The van der Waals surface area contributed by atoms with Gasteiger partial charge in [-0.25, -0.2) is 0 Å². The van der Waals surface area contributed by atoms with Crippen molar-refractivity contribution in [1.82, 2.24) is 5.32 Å². The number of carbonyl (C=O) groups is 1. The molecule has 4 rings (SSSR count). The summed E-state index contributed by atoms with van der Waals surface area (Å²) in [5.74, 6) is 0.646. The SMILES string of the molecule is CC(=O)O.OCc1cc([C@@H](O)CNCCc2ccc3c(c2)OCC(COCc2ccccc2)O3)ccc1O. The number of hydrogen-bond acceptors (Lipinski definition) is 8. The van der Waals surface area contributed by atoms with Crippen LogP contribution in [0.1, 0.15) is 35.3 Å². The van der Waals surface area contributed by atoms with Gasteiger partial charge in [-0.3, -0.25) is 4.79 Å². The number of fused-ring (bicyclic) bond motifs is 1. The number of phenols is 1. The lowest BCUT2D eigenvalue weighted by Crippen LogP contribution is -2.33. The fourth-order valence-electron chi connectivity index (χ4n) is 3.81. The molecule has 1 unspecified atom stereocenters. The molecule has 9 heteroatoms. The molecular weight excluding hydrogens is 490 g/mol. The van der Waals surface area contributed by atoms with Gasteiger partial charge in [0.1, 0.15) is 12.4 Å². The van der Waals surface area contributed by atoms with E-state index in [-0.39, 0.29) is 18.5 Å². The number of rotatable bonds is 11. The summed E-state index contributed by atoms with van der Waals surface area (Å²) in [6.45, 7) is 3.30. The Labute approximate surface area is 222 Å². The largest absolute Gasteiger partial charge is 0.508 e. The Kier molecular flexibility index (Phi) is 11.4. The molecule has 0 aliphatic carbocycles. The van der Waals surface area contributed by atoms with Crippen LogP contribution in [0.4, 0.5) is 0 Å². The summed E-state index contributed by atoms with van der Waals surface area (Å²) in [5, 5.41) is 39.9. The van der Waals surface area contributed by atoms with Crippen molar-refractivity contribution in [2.24, 2.45) is 0 Å². The number of hydrogen-bond donors (Lipinski definition) is 5. The summed E-state index contributed by atoms with van der Waals surface area (Å²) in [6, 6.07) is 20.7. The lowest BCUT2D eigenvalue weighted by molar-refractivity contribution is -0.134. The van der Waals surface area contributed by atoms with Gasteiger partial charge in [0, 0.05) is 19.0 Å². The molecule has 204 valence electrons. The monoisotopic (exact) mass is 525 g/mol. The molecule has 5 N–H and O–H groups in total. The molecular formula is C29H35NO8. The molecule has 0 aromatic heterocycles. The summed E-state index contributed by atoms with van der Waals surface area (Å²) in [6.07, 6.45) is -0.103. The number of aliphatic hydroxyl groups is 2. The third-order valence-electron chi connectivity index (χ3n) is 5.73. The quantitative estimate of drug-likeness (QED) is 0.239. The molecule has 0 amide bonds. The van der Waals surface area contributed by atoms with Crippen LogP contribution < -0.4 is 14.8 Å². The van der Waals surface area contributed by atoms with Gasteiger partial charge in [0.05, 0.1) is 25.9 Å². The first-order chi connectivity index (χ1) is 18.4. The fraction of sp³-hybridized carbons (Fsp3) is 0.345. The van der Waals surface area contributed by atoms with E-state index in [1.165, 1.54) is 6.07 Å². The summed E-state index contributed by atoms with van der Waals surface area (Å²) in [4.78, 5) is 9.00. The summed E-state index contributed by atoms with van der Waals surface area (Å²) < 4.78 is 17.7. The molecule has 1 aliphatic rings. The van der Waals surface area contributed by atoms with E-state index in [9.17, 15) is 15.3 Å². The van der Waals surface area contributed by atoms with Crippen LogP contribution in [-0.4, -0.2) is 58.8 Å². The number of carboxylic acid groups (broad SMARTS) is 1. The van der Waals surface area contributed by atoms with E-state index in [1.807, 2.05) is 48.5 Å². The van der Waals surface area contributed by atoms with Gasteiger partial charge >= 0.3 is 0 Å². The first-order valence-electron chi connectivity index (χ1n) is 12.4. The summed E-state index contributed by atoms with van der Waals surface area (Å²) in [5.41, 5.74) is 3.28. The van der Waals surface area contributed by atoms with Gasteiger partial charge in [-0.1, -0.05) is 42.5 Å². The Morgan fingerprint density at radius 2 is 1.84 bits per heavy atom. The molecule has 9 nitrogen and oxygen atoms in total. The highest BCUT2D eigenvalue weighted by Crippen LogP contribution is 2.33. The molecule has 0 radical (unpaired) electrons. The number of benzene rings is 3. The zero-order valence-electron chi connectivity index (χ0n) is 21.4. The molecule has 0 saturated carbocycles. The molecule has 1 aliphatic heterocycles. The van der Waals surface area contributed by atoms with E-state index >= 15 is 0 Å². The van der Waals surface area contributed by atoms with Crippen LogP contribution in [-0.2, 0) is 29.2 Å². The van der Waals surface area contributed by atoms with Crippen LogP contribution in [0, 0.1) is 0 Å². The second-order valence-corrected chi connectivity index (χ2v) is 8.87. The van der Waals surface area contributed by atoms with Gasteiger partial charge in [-0.05, 0) is 53.9 Å². The summed E-state index contributed by atoms with van der Waals surface area (Å²) in [7, 11) is 0. The van der Waals surface area contributed by atoms with Crippen molar-refractivity contribution >= 4 is 5.97 Å². The maximum Gasteiger partial charge on any atom is 0.300 e. The van der Waals surface area contributed by atoms with Crippen molar-refractivity contribution in [2.45, 2.75) is 38.8 Å². The van der Waals surface area contributed by atoms with Gasteiger partial charge < -0.3 is 40.0 Å². The molecule has 0 saturated heterocycles. The summed E-state index contributed by atoms with van der Waals surface area (Å²) >= 11 is 0. The highest BCUT2D eigenvalue weighted by atomic mass is 16.6. The van der Waals surface area contributed by atoms with Crippen LogP contribution in [0.25, 0.3) is 0 Å². The van der Waals surface area contributed by atoms with Crippen molar-refractivity contribution in [2.75, 3.05) is 26.3 Å². The van der Waals surface area contributed by atoms with E-state index in [0.717, 1.165) is 36.0 Å². The third kappa shape index (κ3) is 9.35. The molecule has 3 aromatic carbocycles. The van der Waals surface area contributed by atoms with E-state index < -0.39 is 12.1 Å². The Morgan fingerprint density at radius 3 is 2.58 bits per heavy atom. The maximum absolute atomic E-state index is 10.4. The Balaban J connectivity index is 0.000000934. The van der Waals surface area contributed by atoms with Gasteiger partial charge in [0.2, 0.25) is 0 Å². The van der Waals surface area contributed by atoms with Crippen molar-refractivity contribution in [3.8, 4) is 17.2 Å². The Hall–Kier alpha value is -3.63. The molecule has 0 bridgehead atoms. The van der Waals surface area contributed by atoms with E-state index in [4.69, 9.17) is 24.1 Å². The molecule has 38 heavy (non-hydrogen) atoms. The average Bonchev–Trinajstić information content (AvgIpc) is 2.91. The van der Waals surface area contributed by atoms with Crippen LogP contribution >= 0.6 is 0 Å². The normalized spacial score (nSPS) is 14.8. The van der Waals surface area contributed by atoms with Crippen molar-refractivity contribution < 1.29 is 39.4 Å². The predicted molar refractivity (Wildman–Crippen MR) is 141 cm³/mol. The van der Waals surface area contributed by atoms with Crippen LogP contribution in [0.3, 0.4) is 0 Å². The van der Waals surface area contributed by atoms with Crippen LogP contribution in [0.2, 0.25) is 0 Å².